The molecular formula is C19H17NO4. The highest BCUT2D eigenvalue weighted by Gasteiger charge is 2.15. The van der Waals surface area contributed by atoms with Crippen LogP contribution in [0.2, 0.25) is 0 Å². The molecule has 0 bridgehead atoms. The van der Waals surface area contributed by atoms with Crippen molar-refractivity contribution in [2.75, 3.05) is 13.2 Å². The lowest BCUT2D eigenvalue weighted by Crippen LogP contribution is -2.14. The van der Waals surface area contributed by atoms with Crippen molar-refractivity contribution in [2.24, 2.45) is 0 Å². The Kier molecular flexibility index (Phi) is 4.61. The fraction of sp³-hybridized carbons (Fsp3) is 0.158. The number of esters is 1. The predicted molar refractivity (Wildman–Crippen MR) is 90.5 cm³/mol. The number of carbonyl (C=O) groups is 2. The van der Waals surface area contributed by atoms with Gasteiger partial charge in [-0.2, -0.15) is 0 Å². The van der Waals surface area contributed by atoms with Crippen molar-refractivity contribution < 1.29 is 19.1 Å². The molecule has 1 aromatic heterocycles. The van der Waals surface area contributed by atoms with Crippen molar-refractivity contribution in [1.29, 1.82) is 0 Å². The first-order chi connectivity index (χ1) is 11.7. The Morgan fingerprint density at radius 1 is 1.04 bits per heavy atom. The zero-order chi connectivity index (χ0) is 16.9. The molecule has 5 nitrogen and oxygen atoms in total. The number of aromatic nitrogens is 1. The summed E-state index contributed by atoms with van der Waals surface area (Å²) in [5.41, 5.74) is 1.77. The number of Topliss-reactive ketones (excluding diaryl/α,β-unsaturated/α-hetero) is 1. The van der Waals surface area contributed by atoms with Crippen LogP contribution in [0.15, 0.2) is 54.7 Å². The van der Waals surface area contributed by atoms with Crippen LogP contribution in [0, 0.1) is 0 Å². The Morgan fingerprint density at radius 2 is 1.79 bits per heavy atom. The molecule has 0 unspecified atom stereocenters. The number of hydrogen-bond donors (Lipinski definition) is 1. The van der Waals surface area contributed by atoms with Gasteiger partial charge in [-0.3, -0.25) is 4.79 Å². The number of ether oxygens (including phenoxy) is 2. The molecule has 0 fully saturated rings. The van der Waals surface area contributed by atoms with Gasteiger partial charge in [0, 0.05) is 22.7 Å². The smallest absolute Gasteiger partial charge is 0.338 e. The van der Waals surface area contributed by atoms with Crippen LogP contribution in [0.3, 0.4) is 0 Å². The maximum atomic E-state index is 12.3. The first-order valence-electron chi connectivity index (χ1n) is 7.68. The van der Waals surface area contributed by atoms with E-state index >= 15 is 0 Å². The fourth-order valence-corrected chi connectivity index (χ4v) is 2.45. The lowest BCUT2D eigenvalue weighted by Gasteiger charge is -2.06. The standard InChI is InChI=1S/C19H17NO4/c1-2-23-14-9-7-13(8-10-14)19(22)24-12-18(21)16-11-20-17-6-4-3-5-15(16)17/h3-11,20H,2,12H2,1H3. The number of fused-ring (bicyclic) bond motifs is 1. The van der Waals surface area contributed by atoms with Gasteiger partial charge in [-0.05, 0) is 37.3 Å². The molecule has 2 aromatic carbocycles. The molecule has 122 valence electrons. The van der Waals surface area contributed by atoms with Crippen LogP contribution >= 0.6 is 0 Å². The normalized spacial score (nSPS) is 10.5. The van der Waals surface area contributed by atoms with Gasteiger partial charge in [-0.15, -0.1) is 0 Å². The summed E-state index contributed by atoms with van der Waals surface area (Å²) in [6, 6.07) is 14.1. The third-order valence-electron chi connectivity index (χ3n) is 3.63. The first kappa shape index (κ1) is 15.8. The second-order valence-electron chi connectivity index (χ2n) is 5.20. The fourth-order valence-electron chi connectivity index (χ4n) is 2.45. The molecular weight excluding hydrogens is 306 g/mol. The largest absolute Gasteiger partial charge is 0.494 e. The minimum Gasteiger partial charge on any atom is -0.494 e. The Labute approximate surface area is 139 Å². The average molecular weight is 323 g/mol. The van der Waals surface area contributed by atoms with Gasteiger partial charge in [0.25, 0.3) is 0 Å². The Morgan fingerprint density at radius 3 is 2.54 bits per heavy atom. The topological polar surface area (TPSA) is 68.4 Å². The molecule has 0 spiro atoms. The van der Waals surface area contributed by atoms with Crippen LogP contribution in [0.5, 0.6) is 5.75 Å². The highest BCUT2D eigenvalue weighted by molar-refractivity contribution is 6.09. The van der Waals surface area contributed by atoms with Crippen LogP contribution in [0.4, 0.5) is 0 Å². The number of aromatic amines is 1. The van der Waals surface area contributed by atoms with E-state index < -0.39 is 5.97 Å². The molecule has 1 N–H and O–H groups in total. The zero-order valence-corrected chi connectivity index (χ0v) is 13.2. The van der Waals surface area contributed by atoms with E-state index in [4.69, 9.17) is 9.47 Å². The summed E-state index contributed by atoms with van der Waals surface area (Å²) in [6.07, 6.45) is 1.64. The van der Waals surface area contributed by atoms with Gasteiger partial charge >= 0.3 is 5.97 Å². The summed E-state index contributed by atoms with van der Waals surface area (Å²) >= 11 is 0. The molecule has 0 radical (unpaired) electrons. The van der Waals surface area contributed by atoms with Crippen molar-refractivity contribution in [3.63, 3.8) is 0 Å². The van der Waals surface area contributed by atoms with Crippen LogP contribution in [0.1, 0.15) is 27.6 Å². The first-order valence-corrected chi connectivity index (χ1v) is 7.68. The molecule has 1 heterocycles. The van der Waals surface area contributed by atoms with E-state index in [0.717, 1.165) is 10.9 Å². The van der Waals surface area contributed by atoms with Crippen molar-refractivity contribution in [3.05, 3.63) is 65.9 Å². The number of H-pyrrole nitrogens is 1. The highest BCUT2D eigenvalue weighted by Crippen LogP contribution is 2.18. The molecule has 3 aromatic rings. The maximum Gasteiger partial charge on any atom is 0.338 e. The van der Waals surface area contributed by atoms with E-state index in [9.17, 15) is 9.59 Å². The third kappa shape index (κ3) is 3.30. The SMILES string of the molecule is CCOc1ccc(C(=O)OCC(=O)c2c[nH]c3ccccc23)cc1. The zero-order valence-electron chi connectivity index (χ0n) is 13.2. The third-order valence-corrected chi connectivity index (χ3v) is 3.63. The van der Waals surface area contributed by atoms with Gasteiger partial charge in [0.05, 0.1) is 12.2 Å². The Balaban J connectivity index is 1.64. The monoisotopic (exact) mass is 323 g/mol. The number of para-hydroxylation sites is 1. The minimum atomic E-state index is -0.536. The number of nitrogens with one attached hydrogen (secondary N) is 1. The summed E-state index contributed by atoms with van der Waals surface area (Å²) < 4.78 is 10.4. The molecule has 0 aliphatic carbocycles. The number of carbonyl (C=O) groups excluding carboxylic acids is 2. The van der Waals surface area contributed by atoms with Gasteiger partial charge in [-0.1, -0.05) is 18.2 Å². The molecule has 0 saturated heterocycles. The van der Waals surface area contributed by atoms with E-state index in [1.807, 2.05) is 31.2 Å². The van der Waals surface area contributed by atoms with Gasteiger partial charge in [-0.25, -0.2) is 4.79 Å². The van der Waals surface area contributed by atoms with Gasteiger partial charge in [0.1, 0.15) is 5.75 Å². The molecule has 0 atom stereocenters. The van der Waals surface area contributed by atoms with Gasteiger partial charge < -0.3 is 14.5 Å². The Hall–Kier alpha value is -3.08. The molecule has 0 amide bonds. The second-order valence-corrected chi connectivity index (χ2v) is 5.20. The maximum absolute atomic E-state index is 12.3. The van der Waals surface area contributed by atoms with Crippen LogP contribution in [-0.2, 0) is 4.74 Å². The van der Waals surface area contributed by atoms with E-state index in [0.29, 0.717) is 23.5 Å². The van der Waals surface area contributed by atoms with E-state index in [1.54, 1.807) is 30.5 Å². The van der Waals surface area contributed by atoms with Crippen LogP contribution in [0.25, 0.3) is 10.9 Å². The van der Waals surface area contributed by atoms with Crippen molar-refractivity contribution in [2.45, 2.75) is 6.92 Å². The molecule has 24 heavy (non-hydrogen) atoms. The van der Waals surface area contributed by atoms with E-state index in [-0.39, 0.29) is 12.4 Å². The van der Waals surface area contributed by atoms with Crippen LogP contribution in [-0.4, -0.2) is 30.0 Å². The van der Waals surface area contributed by atoms with Crippen molar-refractivity contribution >= 4 is 22.7 Å². The molecule has 0 aliphatic rings. The van der Waals surface area contributed by atoms with E-state index in [2.05, 4.69) is 4.98 Å². The number of ketones is 1. The number of rotatable bonds is 6. The van der Waals surface area contributed by atoms with Crippen LogP contribution < -0.4 is 4.74 Å². The van der Waals surface area contributed by atoms with Gasteiger partial charge in [0.15, 0.2) is 6.61 Å². The average Bonchev–Trinajstić information content (AvgIpc) is 3.04. The van der Waals surface area contributed by atoms with Crippen molar-refractivity contribution in [3.8, 4) is 5.75 Å². The minimum absolute atomic E-state index is 0.244. The number of benzene rings is 2. The lowest BCUT2D eigenvalue weighted by atomic mass is 10.1. The highest BCUT2D eigenvalue weighted by atomic mass is 16.5. The lowest BCUT2D eigenvalue weighted by molar-refractivity contribution is 0.0475. The summed E-state index contributed by atoms with van der Waals surface area (Å²) in [5, 5.41) is 0.819. The second kappa shape index (κ2) is 7.00. The molecule has 3 rings (SSSR count). The van der Waals surface area contributed by atoms with E-state index in [1.165, 1.54) is 0 Å². The molecule has 0 aliphatic heterocycles. The molecule has 0 saturated carbocycles. The predicted octanol–water partition coefficient (Wildman–Crippen LogP) is 3.61. The molecule has 5 heteroatoms. The quantitative estimate of drug-likeness (QED) is 0.556. The summed E-state index contributed by atoms with van der Waals surface area (Å²) in [4.78, 5) is 27.3. The number of hydrogen-bond acceptors (Lipinski definition) is 4. The Bertz CT molecular complexity index is 864. The summed E-state index contributed by atoms with van der Waals surface area (Å²) in [6.45, 7) is 2.15. The van der Waals surface area contributed by atoms with Crippen molar-refractivity contribution in [1.82, 2.24) is 4.98 Å². The summed E-state index contributed by atoms with van der Waals surface area (Å²) in [5.74, 6) is -0.0955. The summed E-state index contributed by atoms with van der Waals surface area (Å²) in [7, 11) is 0. The van der Waals surface area contributed by atoms with Gasteiger partial charge in [0.2, 0.25) is 5.78 Å².